The Morgan fingerprint density at radius 1 is 1.09 bits per heavy atom. The zero-order valence-electron chi connectivity index (χ0n) is 12.8. The lowest BCUT2D eigenvalue weighted by Crippen LogP contribution is -1.98. The summed E-state index contributed by atoms with van der Waals surface area (Å²) < 4.78 is 15.9. The van der Waals surface area contributed by atoms with Crippen molar-refractivity contribution in [3.63, 3.8) is 0 Å². The highest BCUT2D eigenvalue weighted by Crippen LogP contribution is 2.35. The first-order valence-electron chi connectivity index (χ1n) is 6.99. The molecule has 2 aromatic rings. The third kappa shape index (κ3) is 3.08. The van der Waals surface area contributed by atoms with Crippen molar-refractivity contribution < 1.29 is 19.0 Å². The summed E-state index contributed by atoms with van der Waals surface area (Å²) in [5, 5.41) is 0. The molecule has 1 aromatic carbocycles. The maximum atomic E-state index is 12.1. The third-order valence-corrected chi connectivity index (χ3v) is 3.43. The van der Waals surface area contributed by atoms with Crippen molar-refractivity contribution in [1.29, 1.82) is 0 Å². The number of cyclic esters (lactones) is 1. The van der Waals surface area contributed by atoms with E-state index in [9.17, 15) is 4.79 Å². The van der Waals surface area contributed by atoms with Gasteiger partial charge in [-0.2, -0.15) is 0 Å². The monoisotopic (exact) mass is 309 g/mol. The molecule has 1 aliphatic heterocycles. The number of nitrogens with zero attached hydrogens (tertiary/aromatic N) is 1. The van der Waals surface area contributed by atoms with Crippen LogP contribution in [0.3, 0.4) is 0 Å². The topological polar surface area (TPSA) is 57.7 Å². The molecule has 0 amide bonds. The second-order valence-corrected chi connectivity index (χ2v) is 4.84. The van der Waals surface area contributed by atoms with E-state index in [1.807, 2.05) is 12.1 Å². The first-order valence-corrected chi connectivity index (χ1v) is 6.99. The average Bonchev–Trinajstić information content (AvgIpc) is 2.95. The summed E-state index contributed by atoms with van der Waals surface area (Å²) in [4.78, 5) is 16.0. The number of pyridine rings is 1. The number of hydrogen-bond acceptors (Lipinski definition) is 5. The number of benzene rings is 1. The van der Waals surface area contributed by atoms with Crippen LogP contribution in [-0.4, -0.2) is 25.2 Å². The summed E-state index contributed by atoms with van der Waals surface area (Å²) in [6, 6.07) is 8.97. The van der Waals surface area contributed by atoms with Crippen LogP contribution in [0.25, 0.3) is 11.8 Å². The Morgan fingerprint density at radius 3 is 2.57 bits per heavy atom. The van der Waals surface area contributed by atoms with Gasteiger partial charge in [-0.3, -0.25) is 4.98 Å². The minimum absolute atomic E-state index is 0.394. The summed E-state index contributed by atoms with van der Waals surface area (Å²) >= 11 is 0. The van der Waals surface area contributed by atoms with Crippen LogP contribution in [0.15, 0.2) is 54.4 Å². The van der Waals surface area contributed by atoms with E-state index in [0.29, 0.717) is 28.4 Å². The van der Waals surface area contributed by atoms with Crippen molar-refractivity contribution >= 4 is 17.8 Å². The number of hydrogen-bond donors (Lipinski definition) is 0. The van der Waals surface area contributed by atoms with Crippen molar-refractivity contribution in [3.05, 3.63) is 65.5 Å². The highest BCUT2D eigenvalue weighted by Gasteiger charge is 2.24. The van der Waals surface area contributed by atoms with Gasteiger partial charge < -0.3 is 14.2 Å². The Kier molecular flexibility index (Phi) is 4.10. The number of esters is 1. The first kappa shape index (κ1) is 14.8. The van der Waals surface area contributed by atoms with Crippen LogP contribution in [-0.2, 0) is 9.53 Å². The smallest absolute Gasteiger partial charge is 0.343 e. The van der Waals surface area contributed by atoms with Crippen LogP contribution in [0.2, 0.25) is 0 Å². The number of ether oxygens (including phenoxy) is 3. The van der Waals surface area contributed by atoms with E-state index in [4.69, 9.17) is 14.2 Å². The fourth-order valence-corrected chi connectivity index (χ4v) is 2.26. The van der Waals surface area contributed by atoms with Gasteiger partial charge >= 0.3 is 5.97 Å². The van der Waals surface area contributed by atoms with E-state index in [1.54, 1.807) is 57.0 Å². The molecule has 1 aliphatic rings. The first-order chi connectivity index (χ1) is 11.2. The van der Waals surface area contributed by atoms with Gasteiger partial charge in [-0.1, -0.05) is 0 Å². The lowest BCUT2D eigenvalue weighted by molar-refractivity contribution is -0.130. The molecule has 0 unspecified atom stereocenters. The number of carbonyl (C=O) groups is 1. The molecule has 5 nitrogen and oxygen atoms in total. The molecule has 116 valence electrons. The second-order valence-electron chi connectivity index (χ2n) is 4.84. The minimum atomic E-state index is -0.394. The molecule has 0 fully saturated rings. The van der Waals surface area contributed by atoms with Gasteiger partial charge in [0.05, 0.1) is 25.4 Å². The van der Waals surface area contributed by atoms with Gasteiger partial charge in [0.2, 0.25) is 0 Å². The molecular formula is C18H15NO4. The fraction of sp³-hybridized carbons (Fsp3) is 0.111. The summed E-state index contributed by atoms with van der Waals surface area (Å²) in [6.45, 7) is 0. The predicted molar refractivity (Wildman–Crippen MR) is 85.8 cm³/mol. The molecule has 3 rings (SSSR count). The predicted octanol–water partition coefficient (Wildman–Crippen LogP) is 3.08. The van der Waals surface area contributed by atoms with Crippen LogP contribution >= 0.6 is 0 Å². The van der Waals surface area contributed by atoms with Crippen molar-refractivity contribution in [2.24, 2.45) is 0 Å². The SMILES string of the molecule is COc1ccc(C2=C/C(=C/c3ccncc3)C(=O)O2)c(OC)c1. The highest BCUT2D eigenvalue weighted by atomic mass is 16.5. The van der Waals surface area contributed by atoms with Gasteiger partial charge in [-0.15, -0.1) is 0 Å². The maximum Gasteiger partial charge on any atom is 0.343 e. The van der Waals surface area contributed by atoms with E-state index >= 15 is 0 Å². The normalized spacial score (nSPS) is 15.3. The Morgan fingerprint density at radius 2 is 1.87 bits per heavy atom. The molecule has 0 radical (unpaired) electrons. The van der Waals surface area contributed by atoms with Crippen LogP contribution < -0.4 is 9.47 Å². The van der Waals surface area contributed by atoms with Crippen LogP contribution in [0.1, 0.15) is 11.1 Å². The van der Waals surface area contributed by atoms with Gasteiger partial charge in [0.25, 0.3) is 0 Å². The van der Waals surface area contributed by atoms with Crippen molar-refractivity contribution in [3.8, 4) is 11.5 Å². The van der Waals surface area contributed by atoms with E-state index in [2.05, 4.69) is 4.98 Å². The van der Waals surface area contributed by atoms with E-state index in [-0.39, 0.29) is 0 Å². The summed E-state index contributed by atoms with van der Waals surface area (Å²) in [6.07, 6.45) is 6.80. The molecule has 0 spiro atoms. The molecular weight excluding hydrogens is 294 g/mol. The van der Waals surface area contributed by atoms with Gasteiger partial charge in [0.1, 0.15) is 17.3 Å². The molecule has 5 heteroatoms. The Balaban J connectivity index is 1.97. The Labute approximate surface area is 133 Å². The average molecular weight is 309 g/mol. The zero-order chi connectivity index (χ0) is 16.2. The van der Waals surface area contributed by atoms with Gasteiger partial charge in [-0.25, -0.2) is 4.79 Å². The fourth-order valence-electron chi connectivity index (χ4n) is 2.26. The number of rotatable bonds is 4. The van der Waals surface area contributed by atoms with E-state index < -0.39 is 5.97 Å². The van der Waals surface area contributed by atoms with E-state index in [1.165, 1.54) is 0 Å². The molecule has 0 N–H and O–H groups in total. The molecule has 23 heavy (non-hydrogen) atoms. The molecule has 0 bridgehead atoms. The minimum Gasteiger partial charge on any atom is -0.497 e. The molecule has 0 saturated heterocycles. The largest absolute Gasteiger partial charge is 0.497 e. The lowest BCUT2D eigenvalue weighted by Gasteiger charge is -2.10. The zero-order valence-corrected chi connectivity index (χ0v) is 12.8. The summed E-state index contributed by atoms with van der Waals surface area (Å²) in [5.41, 5.74) is 2.05. The van der Waals surface area contributed by atoms with Crippen molar-refractivity contribution in [1.82, 2.24) is 4.98 Å². The lowest BCUT2D eigenvalue weighted by atomic mass is 10.1. The maximum absolute atomic E-state index is 12.1. The summed E-state index contributed by atoms with van der Waals surface area (Å²) in [5.74, 6) is 1.31. The number of aromatic nitrogens is 1. The van der Waals surface area contributed by atoms with Crippen LogP contribution in [0.4, 0.5) is 0 Å². The van der Waals surface area contributed by atoms with Crippen LogP contribution in [0, 0.1) is 0 Å². The quantitative estimate of drug-likeness (QED) is 0.641. The van der Waals surface area contributed by atoms with Gasteiger partial charge in [0.15, 0.2) is 0 Å². The van der Waals surface area contributed by atoms with Gasteiger partial charge in [-0.05, 0) is 42.0 Å². The molecule has 0 aliphatic carbocycles. The Bertz CT molecular complexity index is 794. The van der Waals surface area contributed by atoms with E-state index in [0.717, 1.165) is 5.56 Å². The Hall–Kier alpha value is -3.08. The molecule has 0 saturated carbocycles. The summed E-state index contributed by atoms with van der Waals surface area (Å²) in [7, 11) is 3.14. The molecule has 1 aromatic heterocycles. The van der Waals surface area contributed by atoms with Crippen molar-refractivity contribution in [2.75, 3.05) is 14.2 Å². The number of methoxy groups -OCH3 is 2. The standard InChI is InChI=1S/C18H15NO4/c1-21-14-3-4-15(16(11-14)22-2)17-10-13(18(20)23-17)9-12-5-7-19-8-6-12/h3-11H,1-2H3/b13-9-. The highest BCUT2D eigenvalue weighted by molar-refractivity contribution is 6.05. The molecule has 0 atom stereocenters. The molecule has 2 heterocycles. The third-order valence-electron chi connectivity index (χ3n) is 3.43. The second kappa shape index (κ2) is 6.36. The van der Waals surface area contributed by atoms with Crippen molar-refractivity contribution in [2.45, 2.75) is 0 Å². The van der Waals surface area contributed by atoms with Gasteiger partial charge in [0, 0.05) is 18.5 Å². The number of carbonyl (C=O) groups excluding carboxylic acids is 1. The van der Waals surface area contributed by atoms with Crippen LogP contribution in [0.5, 0.6) is 11.5 Å².